The van der Waals surface area contributed by atoms with Crippen molar-refractivity contribution in [2.24, 2.45) is 0 Å². The van der Waals surface area contributed by atoms with Crippen molar-refractivity contribution in [3.63, 3.8) is 0 Å². The number of rotatable bonds is 1. The highest BCUT2D eigenvalue weighted by Crippen LogP contribution is 2.43. The van der Waals surface area contributed by atoms with Gasteiger partial charge < -0.3 is 0 Å². The first-order valence-electron chi connectivity index (χ1n) is 8.40. The topological polar surface area (TPSA) is 34.9 Å². The van der Waals surface area contributed by atoms with Gasteiger partial charge in [-0.2, -0.15) is 0 Å². The van der Waals surface area contributed by atoms with Crippen LogP contribution in [0, 0.1) is 0 Å². The Labute approximate surface area is 149 Å². The van der Waals surface area contributed by atoms with Crippen LogP contribution in [0.15, 0.2) is 69.3 Å². The lowest BCUT2D eigenvalue weighted by atomic mass is 10.0. The largest absolute Gasteiger partial charge is 0.291 e. The summed E-state index contributed by atoms with van der Waals surface area (Å²) in [6.45, 7) is 4.39. The lowest BCUT2D eigenvalue weighted by Crippen LogP contribution is -2.15. The zero-order chi connectivity index (χ0) is 17.1. The standard InChI is InChI=1S/C21H16N2OS/c1-12(2)13-8-9-17-16(11-13)23-19-14(5-3-7-18(19)25-17)20(24)15-6-4-10-22-21(15)23/h3-12H,1-2H3. The highest BCUT2D eigenvalue weighted by Gasteiger charge is 2.23. The average Bonchev–Trinajstić information content (AvgIpc) is 2.64. The number of benzene rings is 2. The molecular formula is C21H16N2OS. The first-order chi connectivity index (χ1) is 12.1. The molecule has 2 aromatic carbocycles. The molecule has 2 aromatic heterocycles. The number of fused-ring (bicyclic) bond motifs is 4. The molecule has 0 radical (unpaired) electrons. The molecule has 122 valence electrons. The highest BCUT2D eigenvalue weighted by atomic mass is 32.2. The monoisotopic (exact) mass is 344 g/mol. The van der Waals surface area contributed by atoms with Gasteiger partial charge in [-0.15, -0.1) is 0 Å². The van der Waals surface area contributed by atoms with Crippen LogP contribution in [0.2, 0.25) is 0 Å². The maximum Gasteiger partial charge on any atom is 0.198 e. The van der Waals surface area contributed by atoms with Gasteiger partial charge in [0.2, 0.25) is 0 Å². The van der Waals surface area contributed by atoms with Crippen LogP contribution in [0.5, 0.6) is 0 Å². The second-order valence-electron chi connectivity index (χ2n) is 6.68. The Morgan fingerprint density at radius 1 is 1.00 bits per heavy atom. The molecule has 4 heteroatoms. The molecule has 1 aliphatic heterocycles. The normalized spacial score (nSPS) is 12.8. The molecule has 0 amide bonds. The van der Waals surface area contributed by atoms with E-state index in [0.29, 0.717) is 11.3 Å². The molecule has 0 unspecified atom stereocenters. The Morgan fingerprint density at radius 2 is 1.84 bits per heavy atom. The molecule has 0 saturated carbocycles. The Hall–Kier alpha value is -2.59. The summed E-state index contributed by atoms with van der Waals surface area (Å²) >= 11 is 1.73. The predicted molar refractivity (Wildman–Crippen MR) is 103 cm³/mol. The first kappa shape index (κ1) is 14.7. The molecule has 0 aliphatic carbocycles. The van der Waals surface area contributed by atoms with Crippen molar-refractivity contribution in [3.05, 3.63) is 70.5 Å². The van der Waals surface area contributed by atoms with Crippen molar-refractivity contribution in [1.29, 1.82) is 0 Å². The molecule has 0 fully saturated rings. The number of pyridine rings is 2. The second kappa shape index (κ2) is 5.20. The van der Waals surface area contributed by atoms with Crippen molar-refractivity contribution in [3.8, 4) is 5.69 Å². The fraction of sp³-hybridized carbons (Fsp3) is 0.143. The lowest BCUT2D eigenvalue weighted by molar-refractivity contribution is 0.860. The summed E-state index contributed by atoms with van der Waals surface area (Å²) in [5, 5.41) is 1.42. The van der Waals surface area contributed by atoms with Gasteiger partial charge in [-0.1, -0.05) is 37.7 Å². The molecule has 1 aliphatic rings. The van der Waals surface area contributed by atoms with Gasteiger partial charge in [0.1, 0.15) is 5.65 Å². The van der Waals surface area contributed by atoms with E-state index in [4.69, 9.17) is 0 Å². The van der Waals surface area contributed by atoms with Crippen LogP contribution in [-0.4, -0.2) is 9.55 Å². The summed E-state index contributed by atoms with van der Waals surface area (Å²) in [5.41, 5.74) is 4.16. The van der Waals surface area contributed by atoms with Gasteiger partial charge in [-0.05, 0) is 47.9 Å². The summed E-state index contributed by atoms with van der Waals surface area (Å²) in [4.78, 5) is 19.8. The minimum atomic E-state index is 0.0558. The summed E-state index contributed by atoms with van der Waals surface area (Å²) in [6, 6.07) is 16.3. The van der Waals surface area contributed by atoms with Crippen molar-refractivity contribution in [2.45, 2.75) is 29.6 Å². The number of nitrogens with zero attached hydrogens (tertiary/aromatic N) is 2. The van der Waals surface area contributed by atoms with E-state index in [2.05, 4.69) is 47.7 Å². The van der Waals surface area contributed by atoms with Gasteiger partial charge >= 0.3 is 0 Å². The van der Waals surface area contributed by atoms with Crippen molar-refractivity contribution in [1.82, 2.24) is 9.55 Å². The molecule has 0 spiro atoms. The summed E-state index contributed by atoms with van der Waals surface area (Å²) in [5.74, 6) is 0.446. The van der Waals surface area contributed by atoms with Crippen molar-refractivity contribution in [2.75, 3.05) is 0 Å². The predicted octanol–water partition coefficient (Wildman–Crippen LogP) is 5.13. The Balaban J connectivity index is 2.04. The highest BCUT2D eigenvalue weighted by molar-refractivity contribution is 7.99. The summed E-state index contributed by atoms with van der Waals surface area (Å²) in [6.07, 6.45) is 1.76. The first-order valence-corrected chi connectivity index (χ1v) is 9.21. The van der Waals surface area contributed by atoms with Gasteiger partial charge in [0.25, 0.3) is 0 Å². The summed E-state index contributed by atoms with van der Waals surface area (Å²) < 4.78 is 2.17. The van der Waals surface area contributed by atoms with Gasteiger partial charge in [0.15, 0.2) is 5.43 Å². The minimum absolute atomic E-state index is 0.0558. The van der Waals surface area contributed by atoms with E-state index in [1.165, 1.54) is 10.5 Å². The molecule has 4 aromatic rings. The van der Waals surface area contributed by atoms with Crippen LogP contribution in [0.1, 0.15) is 25.3 Å². The Morgan fingerprint density at radius 3 is 2.68 bits per heavy atom. The van der Waals surface area contributed by atoms with E-state index >= 15 is 0 Å². The van der Waals surface area contributed by atoms with E-state index in [1.54, 1.807) is 18.0 Å². The smallest absolute Gasteiger partial charge is 0.198 e. The van der Waals surface area contributed by atoms with E-state index in [0.717, 1.165) is 27.1 Å². The molecule has 0 N–H and O–H groups in total. The molecule has 25 heavy (non-hydrogen) atoms. The second-order valence-corrected chi connectivity index (χ2v) is 7.76. The minimum Gasteiger partial charge on any atom is -0.291 e. The summed E-state index contributed by atoms with van der Waals surface area (Å²) in [7, 11) is 0. The molecule has 0 saturated heterocycles. The third-order valence-corrected chi connectivity index (χ3v) is 5.94. The maximum atomic E-state index is 13.0. The van der Waals surface area contributed by atoms with Gasteiger partial charge in [-0.3, -0.25) is 9.36 Å². The Bertz CT molecular complexity index is 1220. The zero-order valence-electron chi connectivity index (χ0n) is 14.0. The Kier molecular flexibility index (Phi) is 3.06. The van der Waals surface area contributed by atoms with Crippen molar-refractivity contribution < 1.29 is 0 Å². The van der Waals surface area contributed by atoms with E-state index in [-0.39, 0.29) is 5.43 Å². The van der Waals surface area contributed by atoms with Gasteiger partial charge in [0.05, 0.1) is 16.6 Å². The van der Waals surface area contributed by atoms with Crippen LogP contribution < -0.4 is 5.43 Å². The third kappa shape index (κ3) is 2.01. The molecule has 3 nitrogen and oxygen atoms in total. The third-order valence-electron chi connectivity index (χ3n) is 4.82. The SMILES string of the molecule is CC(C)c1ccc2c(c1)-n1c3ncccc3c(=O)c3cccc(c31)S2. The molecular weight excluding hydrogens is 328 g/mol. The maximum absolute atomic E-state index is 13.0. The number of hydrogen-bond acceptors (Lipinski definition) is 3. The molecule has 3 heterocycles. The van der Waals surface area contributed by atoms with Crippen molar-refractivity contribution >= 4 is 33.7 Å². The van der Waals surface area contributed by atoms with Crippen LogP contribution in [0.3, 0.4) is 0 Å². The molecule has 0 atom stereocenters. The number of para-hydroxylation sites is 1. The molecule has 0 bridgehead atoms. The quantitative estimate of drug-likeness (QED) is 0.396. The van der Waals surface area contributed by atoms with E-state index in [9.17, 15) is 4.79 Å². The number of aromatic nitrogens is 2. The number of hydrogen-bond donors (Lipinski definition) is 0. The zero-order valence-corrected chi connectivity index (χ0v) is 14.8. The van der Waals surface area contributed by atoms with E-state index < -0.39 is 0 Å². The average molecular weight is 344 g/mol. The van der Waals surface area contributed by atoms with E-state index in [1.807, 2.05) is 24.3 Å². The van der Waals surface area contributed by atoms with Crippen LogP contribution in [0.4, 0.5) is 0 Å². The molecule has 5 rings (SSSR count). The van der Waals surface area contributed by atoms with Crippen LogP contribution in [0.25, 0.3) is 27.6 Å². The van der Waals surface area contributed by atoms with Gasteiger partial charge in [0, 0.05) is 21.4 Å². The van der Waals surface area contributed by atoms with Gasteiger partial charge in [-0.25, -0.2) is 4.98 Å². The fourth-order valence-corrected chi connectivity index (χ4v) is 4.60. The van der Waals surface area contributed by atoms with Crippen LogP contribution >= 0.6 is 11.8 Å². The van der Waals surface area contributed by atoms with Crippen LogP contribution in [-0.2, 0) is 0 Å². The lowest BCUT2D eigenvalue weighted by Gasteiger charge is -2.24. The fourth-order valence-electron chi connectivity index (χ4n) is 3.53.